The maximum atomic E-state index is 13.7. The van der Waals surface area contributed by atoms with Crippen LogP contribution in [0.15, 0.2) is 24.4 Å². The minimum absolute atomic E-state index is 0.0824. The Morgan fingerprint density at radius 2 is 1.89 bits per heavy atom. The van der Waals surface area contributed by atoms with Gasteiger partial charge in [0.05, 0.1) is 17.3 Å². The zero-order valence-corrected chi connectivity index (χ0v) is 16.2. The van der Waals surface area contributed by atoms with Gasteiger partial charge in [-0.3, -0.25) is 0 Å². The number of nitrogens with zero attached hydrogens (tertiary/aromatic N) is 2. The summed E-state index contributed by atoms with van der Waals surface area (Å²) in [5.41, 5.74) is 0.352. The highest BCUT2D eigenvalue weighted by atomic mass is 32.2. The molecule has 0 unspecified atom stereocenters. The lowest BCUT2D eigenvalue weighted by Crippen LogP contribution is -2.52. The van der Waals surface area contributed by atoms with Crippen molar-refractivity contribution < 1.29 is 22.3 Å². The molecule has 0 radical (unpaired) electrons. The van der Waals surface area contributed by atoms with Crippen LogP contribution in [0.25, 0.3) is 10.9 Å². The summed E-state index contributed by atoms with van der Waals surface area (Å²) in [7, 11) is -1.51. The maximum absolute atomic E-state index is 13.7. The summed E-state index contributed by atoms with van der Waals surface area (Å²) in [6, 6.07) is 4.53. The largest absolute Gasteiger partial charge is 0.459 e. The molecule has 4 rings (SSSR count). The van der Waals surface area contributed by atoms with Crippen LogP contribution < -0.4 is 0 Å². The Hall–Kier alpha value is -1.93. The van der Waals surface area contributed by atoms with Crippen molar-refractivity contribution in [3.63, 3.8) is 0 Å². The van der Waals surface area contributed by atoms with E-state index in [0.29, 0.717) is 12.1 Å². The zero-order chi connectivity index (χ0) is 19.3. The highest BCUT2D eigenvalue weighted by Crippen LogP contribution is 2.34. The van der Waals surface area contributed by atoms with Gasteiger partial charge in [-0.15, -0.1) is 0 Å². The third-order valence-corrected chi connectivity index (χ3v) is 6.90. The van der Waals surface area contributed by atoms with Gasteiger partial charge in [0.1, 0.15) is 11.9 Å². The number of hydrogen-bond acceptors (Lipinski definition) is 5. The van der Waals surface area contributed by atoms with E-state index in [1.807, 2.05) is 0 Å². The summed E-state index contributed by atoms with van der Waals surface area (Å²) < 4.78 is 44.5. The molecule has 0 amide bonds. The van der Waals surface area contributed by atoms with Crippen molar-refractivity contribution in [3.05, 3.63) is 35.8 Å². The summed E-state index contributed by atoms with van der Waals surface area (Å²) in [6.07, 6.45) is 7.02. The van der Waals surface area contributed by atoms with Crippen LogP contribution in [0.5, 0.6) is 0 Å². The molecule has 0 saturated carbocycles. The second-order valence-electron chi connectivity index (χ2n) is 7.67. The molecule has 146 valence electrons. The number of ether oxygens (including phenoxy) is 1. The summed E-state index contributed by atoms with van der Waals surface area (Å²) in [4.78, 5) is 15.2. The third-order valence-electron chi connectivity index (χ3n) is 5.88. The van der Waals surface area contributed by atoms with Crippen molar-refractivity contribution in [2.24, 2.45) is 0 Å². The van der Waals surface area contributed by atoms with Crippen molar-refractivity contribution in [3.8, 4) is 0 Å². The SMILES string of the molecule is CN1[C@@H]2CCC[C@H]1C[C@@H](OC(=O)c1cn(S(C)(=O)=O)c3ccc(F)cc13)C2. The number of fused-ring (bicyclic) bond motifs is 3. The van der Waals surface area contributed by atoms with E-state index in [4.69, 9.17) is 4.74 Å². The van der Waals surface area contributed by atoms with E-state index in [0.717, 1.165) is 35.9 Å². The third kappa shape index (κ3) is 3.36. The summed E-state index contributed by atoms with van der Waals surface area (Å²) in [5.74, 6) is -1.13. The zero-order valence-electron chi connectivity index (χ0n) is 15.4. The number of halogens is 1. The van der Waals surface area contributed by atoms with Crippen LogP contribution >= 0.6 is 0 Å². The molecule has 2 aromatic rings. The topological polar surface area (TPSA) is 68.6 Å². The molecule has 2 fully saturated rings. The van der Waals surface area contributed by atoms with E-state index >= 15 is 0 Å². The maximum Gasteiger partial charge on any atom is 0.340 e. The molecule has 2 saturated heterocycles. The van der Waals surface area contributed by atoms with E-state index in [1.165, 1.54) is 30.8 Å². The van der Waals surface area contributed by atoms with Gasteiger partial charge < -0.3 is 9.64 Å². The van der Waals surface area contributed by atoms with E-state index in [-0.39, 0.29) is 22.6 Å². The lowest BCUT2D eigenvalue weighted by atomic mass is 9.83. The van der Waals surface area contributed by atoms with Crippen molar-refractivity contribution in [1.29, 1.82) is 0 Å². The van der Waals surface area contributed by atoms with Gasteiger partial charge in [0.2, 0.25) is 10.0 Å². The second kappa shape index (κ2) is 6.60. The Morgan fingerprint density at radius 1 is 1.22 bits per heavy atom. The van der Waals surface area contributed by atoms with Gasteiger partial charge in [-0.25, -0.2) is 21.6 Å². The molecule has 0 N–H and O–H groups in total. The van der Waals surface area contributed by atoms with Gasteiger partial charge in [0.15, 0.2) is 0 Å². The quantitative estimate of drug-likeness (QED) is 0.749. The molecule has 6 nitrogen and oxygen atoms in total. The average Bonchev–Trinajstić information content (AvgIpc) is 2.94. The number of hydrogen-bond donors (Lipinski definition) is 0. The molecular weight excluding hydrogens is 371 g/mol. The van der Waals surface area contributed by atoms with Gasteiger partial charge in [-0.05, 0) is 38.1 Å². The number of benzene rings is 1. The predicted molar refractivity (Wildman–Crippen MR) is 99.8 cm³/mol. The number of rotatable bonds is 3. The number of carbonyl (C=O) groups excluding carboxylic acids is 1. The van der Waals surface area contributed by atoms with Gasteiger partial charge in [0.25, 0.3) is 0 Å². The smallest absolute Gasteiger partial charge is 0.340 e. The number of piperidine rings is 2. The molecule has 8 heteroatoms. The van der Waals surface area contributed by atoms with Crippen molar-refractivity contribution in [2.45, 2.75) is 50.3 Å². The molecule has 3 atom stereocenters. The lowest BCUT2D eigenvalue weighted by molar-refractivity contribution is -0.0317. The molecule has 1 aromatic heterocycles. The first-order chi connectivity index (χ1) is 12.7. The van der Waals surface area contributed by atoms with E-state index < -0.39 is 21.8 Å². The van der Waals surface area contributed by atoms with E-state index in [1.54, 1.807) is 0 Å². The molecule has 0 aliphatic carbocycles. The Labute approximate surface area is 157 Å². The first-order valence-corrected chi connectivity index (χ1v) is 11.0. The number of esters is 1. The Bertz CT molecular complexity index is 987. The summed E-state index contributed by atoms with van der Waals surface area (Å²) >= 11 is 0. The molecular formula is C19H23FN2O4S. The number of aromatic nitrogens is 1. The van der Waals surface area contributed by atoms with Crippen LogP contribution in [0.3, 0.4) is 0 Å². The highest BCUT2D eigenvalue weighted by molar-refractivity contribution is 7.89. The fourth-order valence-corrected chi connectivity index (χ4v) is 5.30. The van der Waals surface area contributed by atoms with Crippen LogP contribution in [0, 0.1) is 5.82 Å². The van der Waals surface area contributed by atoms with E-state index in [9.17, 15) is 17.6 Å². The summed E-state index contributed by atoms with van der Waals surface area (Å²) in [6.45, 7) is 0. The Balaban J connectivity index is 1.64. The standard InChI is InChI=1S/C19H23FN2O4S/c1-21-13-4-3-5-14(21)10-15(9-13)26-19(23)17-11-22(27(2,24)25)18-7-6-12(20)8-16(17)18/h6-8,11,13-15H,3-5,9-10H2,1-2H3/t13-,14+,15+. The minimum atomic E-state index is -3.63. The van der Waals surface area contributed by atoms with Crippen LogP contribution in [0.1, 0.15) is 42.5 Å². The second-order valence-corrected chi connectivity index (χ2v) is 9.53. The van der Waals surface area contributed by atoms with Crippen molar-refractivity contribution >= 4 is 26.9 Å². The van der Waals surface area contributed by atoms with Crippen molar-refractivity contribution in [2.75, 3.05) is 13.3 Å². The molecule has 27 heavy (non-hydrogen) atoms. The molecule has 0 spiro atoms. The first-order valence-electron chi connectivity index (χ1n) is 9.18. The molecule has 3 heterocycles. The molecule has 2 aliphatic heterocycles. The molecule has 1 aromatic carbocycles. The van der Waals surface area contributed by atoms with Gasteiger partial charge >= 0.3 is 5.97 Å². The normalized spacial score (nSPS) is 26.3. The Morgan fingerprint density at radius 3 is 2.52 bits per heavy atom. The van der Waals surface area contributed by atoms with Gasteiger partial charge in [-0.2, -0.15) is 0 Å². The van der Waals surface area contributed by atoms with Gasteiger partial charge in [-0.1, -0.05) is 6.42 Å². The minimum Gasteiger partial charge on any atom is -0.459 e. The Kier molecular flexibility index (Phi) is 4.50. The lowest BCUT2D eigenvalue weighted by Gasteiger charge is -2.46. The van der Waals surface area contributed by atoms with Crippen molar-refractivity contribution in [1.82, 2.24) is 8.87 Å². The van der Waals surface area contributed by atoms with Crippen LogP contribution in [-0.2, 0) is 14.8 Å². The van der Waals surface area contributed by atoms with E-state index in [2.05, 4.69) is 11.9 Å². The number of carbonyl (C=O) groups is 1. The monoisotopic (exact) mass is 394 g/mol. The van der Waals surface area contributed by atoms with Crippen LogP contribution in [0.4, 0.5) is 4.39 Å². The van der Waals surface area contributed by atoms with Gasteiger partial charge in [0, 0.05) is 36.5 Å². The predicted octanol–water partition coefficient (Wildman–Crippen LogP) is 2.76. The molecule has 2 aliphatic rings. The van der Waals surface area contributed by atoms with Crippen LogP contribution in [0.2, 0.25) is 0 Å². The molecule has 2 bridgehead atoms. The van der Waals surface area contributed by atoms with Crippen LogP contribution in [-0.4, -0.2) is 54.8 Å². The fraction of sp³-hybridized carbons (Fsp3) is 0.526. The first kappa shape index (κ1) is 18.4. The highest BCUT2D eigenvalue weighted by Gasteiger charge is 2.38. The fourth-order valence-electron chi connectivity index (χ4n) is 4.49. The average molecular weight is 394 g/mol. The summed E-state index contributed by atoms with van der Waals surface area (Å²) in [5, 5.41) is 0.249.